The number of hydrogen-bond acceptors (Lipinski definition) is 2. The topological polar surface area (TPSA) is 21.3 Å². The number of ether oxygens (including phenoxy) is 1. The lowest BCUT2D eigenvalue weighted by atomic mass is 10.1. The Balaban J connectivity index is 2.56. The molecule has 0 amide bonds. The number of alkyl halides is 3. The second-order valence-corrected chi connectivity index (χ2v) is 3.59. The third-order valence-corrected chi connectivity index (χ3v) is 2.20. The van der Waals surface area contributed by atoms with E-state index in [2.05, 4.69) is 8.27 Å². The molecule has 0 heterocycles. The molecule has 6 heteroatoms. The van der Waals surface area contributed by atoms with Gasteiger partial charge < -0.3 is 4.74 Å². The van der Waals surface area contributed by atoms with Gasteiger partial charge in [-0.2, -0.15) is 0 Å². The fourth-order valence-electron chi connectivity index (χ4n) is 1.05. The van der Waals surface area contributed by atoms with Gasteiger partial charge in [-0.25, -0.2) is 0 Å². The second-order valence-electron chi connectivity index (χ2n) is 2.83. The van der Waals surface area contributed by atoms with Gasteiger partial charge in [-0.1, -0.05) is 12.1 Å². The van der Waals surface area contributed by atoms with Gasteiger partial charge in [0.25, 0.3) is 0 Å². The summed E-state index contributed by atoms with van der Waals surface area (Å²) in [5, 5.41) is 0. The summed E-state index contributed by atoms with van der Waals surface area (Å²) >= 11 is 2.02. The van der Waals surface area contributed by atoms with Crippen molar-refractivity contribution in [1.82, 2.24) is 3.53 Å². The summed E-state index contributed by atoms with van der Waals surface area (Å²) in [5.74, 6) is -0.186. The smallest absolute Gasteiger partial charge is 0.406 e. The molecular weight excluding hydrogens is 322 g/mol. The van der Waals surface area contributed by atoms with Crippen molar-refractivity contribution >= 4 is 22.9 Å². The highest BCUT2D eigenvalue weighted by atomic mass is 127. The molecule has 0 aliphatic carbocycles. The minimum Gasteiger partial charge on any atom is -0.406 e. The van der Waals surface area contributed by atoms with Crippen LogP contribution < -0.4 is 8.27 Å². The lowest BCUT2D eigenvalue weighted by molar-refractivity contribution is -0.274. The molecule has 84 valence electrons. The Morgan fingerprint density at radius 3 is 2.27 bits per heavy atom. The van der Waals surface area contributed by atoms with E-state index in [9.17, 15) is 13.2 Å². The minimum atomic E-state index is -4.62. The Morgan fingerprint density at radius 2 is 1.80 bits per heavy atom. The van der Waals surface area contributed by atoms with Crippen LogP contribution >= 0.6 is 22.9 Å². The largest absolute Gasteiger partial charge is 0.573 e. The van der Waals surface area contributed by atoms with Gasteiger partial charge in [0, 0.05) is 29.4 Å². The van der Waals surface area contributed by atoms with E-state index < -0.39 is 6.36 Å². The highest BCUT2D eigenvalue weighted by Crippen LogP contribution is 2.22. The molecule has 0 bridgehead atoms. The van der Waals surface area contributed by atoms with Crippen LogP contribution in [-0.2, 0) is 6.42 Å². The summed E-state index contributed by atoms with van der Waals surface area (Å²) < 4.78 is 42.1. The third-order valence-electron chi connectivity index (χ3n) is 1.67. The Labute approximate surface area is 99.3 Å². The third kappa shape index (κ3) is 5.22. The van der Waals surface area contributed by atoms with Crippen LogP contribution in [0.25, 0.3) is 0 Å². The maximum absolute atomic E-state index is 11.8. The Hall–Kier alpha value is -0.500. The average molecular weight is 331 g/mol. The molecule has 0 aliphatic heterocycles. The highest BCUT2D eigenvalue weighted by Gasteiger charge is 2.30. The first-order chi connectivity index (χ1) is 7.01. The molecule has 1 rings (SSSR count). The molecule has 2 nitrogen and oxygen atoms in total. The molecule has 1 N–H and O–H groups in total. The first-order valence-corrected chi connectivity index (χ1v) is 5.27. The van der Waals surface area contributed by atoms with Gasteiger partial charge in [-0.05, 0) is 24.1 Å². The standard InChI is InChI=1S/C9H9F3INO/c10-9(11,12)15-8-3-1-7(2-4-8)5-6-14-13/h1-4,14H,5-6H2. The van der Waals surface area contributed by atoms with E-state index in [0.717, 1.165) is 18.5 Å². The van der Waals surface area contributed by atoms with Gasteiger partial charge >= 0.3 is 6.36 Å². The van der Waals surface area contributed by atoms with Crippen molar-refractivity contribution in [2.75, 3.05) is 6.54 Å². The summed E-state index contributed by atoms with van der Waals surface area (Å²) in [6, 6.07) is 5.87. The van der Waals surface area contributed by atoms with Crippen molar-refractivity contribution in [3.63, 3.8) is 0 Å². The second kappa shape index (κ2) is 5.55. The monoisotopic (exact) mass is 331 g/mol. The number of halogens is 4. The summed E-state index contributed by atoms with van der Waals surface area (Å²) in [6.07, 6.45) is -3.85. The lowest BCUT2D eigenvalue weighted by Gasteiger charge is -2.09. The van der Waals surface area contributed by atoms with Crippen LogP contribution in [0.4, 0.5) is 13.2 Å². The van der Waals surface area contributed by atoms with Crippen molar-refractivity contribution in [2.45, 2.75) is 12.8 Å². The van der Waals surface area contributed by atoms with E-state index in [-0.39, 0.29) is 5.75 Å². The maximum atomic E-state index is 11.8. The van der Waals surface area contributed by atoms with Crippen LogP contribution in [0.2, 0.25) is 0 Å². The van der Waals surface area contributed by atoms with E-state index in [1.54, 1.807) is 12.1 Å². The zero-order valence-electron chi connectivity index (χ0n) is 7.64. The zero-order chi connectivity index (χ0) is 11.3. The summed E-state index contributed by atoms with van der Waals surface area (Å²) in [4.78, 5) is 0. The molecule has 0 aliphatic rings. The summed E-state index contributed by atoms with van der Waals surface area (Å²) in [7, 11) is 0. The van der Waals surface area contributed by atoms with Gasteiger partial charge in [0.2, 0.25) is 0 Å². The van der Waals surface area contributed by atoms with Crippen LogP contribution in [0, 0.1) is 0 Å². The van der Waals surface area contributed by atoms with Crippen LogP contribution in [0.3, 0.4) is 0 Å². The van der Waals surface area contributed by atoms with Crippen molar-refractivity contribution in [3.05, 3.63) is 29.8 Å². The van der Waals surface area contributed by atoms with Crippen molar-refractivity contribution in [1.29, 1.82) is 0 Å². The molecular formula is C9H9F3INO. The molecule has 0 atom stereocenters. The van der Waals surface area contributed by atoms with Crippen LogP contribution in [0.15, 0.2) is 24.3 Å². The Morgan fingerprint density at radius 1 is 1.20 bits per heavy atom. The van der Waals surface area contributed by atoms with E-state index >= 15 is 0 Å². The highest BCUT2D eigenvalue weighted by molar-refractivity contribution is 14.1. The van der Waals surface area contributed by atoms with E-state index in [4.69, 9.17) is 0 Å². The minimum absolute atomic E-state index is 0.186. The van der Waals surface area contributed by atoms with E-state index in [1.807, 2.05) is 22.9 Å². The van der Waals surface area contributed by atoms with E-state index in [0.29, 0.717) is 0 Å². The van der Waals surface area contributed by atoms with Crippen LogP contribution in [-0.4, -0.2) is 12.9 Å². The maximum Gasteiger partial charge on any atom is 0.573 e. The van der Waals surface area contributed by atoms with Crippen molar-refractivity contribution in [2.24, 2.45) is 0 Å². The Kier molecular flexibility index (Phi) is 4.65. The molecule has 0 saturated heterocycles. The summed E-state index contributed by atoms with van der Waals surface area (Å²) in [5.41, 5.74) is 0.966. The number of hydrogen-bond donors (Lipinski definition) is 1. The van der Waals surface area contributed by atoms with Crippen molar-refractivity contribution < 1.29 is 17.9 Å². The number of benzene rings is 1. The zero-order valence-corrected chi connectivity index (χ0v) is 9.80. The van der Waals surface area contributed by atoms with Gasteiger partial charge in [0.05, 0.1) is 0 Å². The molecule has 0 spiro atoms. The molecule has 15 heavy (non-hydrogen) atoms. The molecule has 0 saturated carbocycles. The fourth-order valence-corrected chi connectivity index (χ4v) is 1.32. The van der Waals surface area contributed by atoms with Crippen molar-refractivity contribution in [3.8, 4) is 5.75 Å². The molecule has 0 unspecified atom stereocenters. The summed E-state index contributed by atoms with van der Waals surface area (Å²) in [6.45, 7) is 0.778. The fraction of sp³-hybridized carbons (Fsp3) is 0.333. The predicted octanol–water partition coefficient (Wildman–Crippen LogP) is 3.07. The number of nitrogens with one attached hydrogen (secondary N) is 1. The molecule has 0 radical (unpaired) electrons. The normalized spacial score (nSPS) is 11.5. The molecule has 1 aromatic rings. The molecule has 0 fully saturated rings. The Bertz CT molecular complexity index is 299. The SMILES string of the molecule is FC(F)(F)Oc1ccc(CCNI)cc1. The van der Waals surface area contributed by atoms with Crippen LogP contribution in [0.5, 0.6) is 5.75 Å². The van der Waals surface area contributed by atoms with Gasteiger partial charge in [-0.3, -0.25) is 3.53 Å². The predicted molar refractivity (Wildman–Crippen MR) is 58.9 cm³/mol. The first kappa shape index (κ1) is 12.6. The lowest BCUT2D eigenvalue weighted by Crippen LogP contribution is -2.17. The average Bonchev–Trinajstić information content (AvgIpc) is 2.14. The molecule has 0 aromatic heterocycles. The van der Waals surface area contributed by atoms with Gasteiger partial charge in [0.1, 0.15) is 5.75 Å². The van der Waals surface area contributed by atoms with Gasteiger partial charge in [0.15, 0.2) is 0 Å². The first-order valence-electron chi connectivity index (χ1n) is 4.19. The van der Waals surface area contributed by atoms with Crippen LogP contribution in [0.1, 0.15) is 5.56 Å². The quantitative estimate of drug-likeness (QED) is 0.676. The number of rotatable bonds is 4. The van der Waals surface area contributed by atoms with Gasteiger partial charge in [-0.15, -0.1) is 13.2 Å². The van der Waals surface area contributed by atoms with E-state index in [1.165, 1.54) is 12.1 Å². The molecule has 1 aromatic carbocycles.